The zero-order chi connectivity index (χ0) is 21.9. The van der Waals surface area contributed by atoms with Crippen molar-refractivity contribution in [1.82, 2.24) is 4.90 Å². The number of benzene rings is 2. The van der Waals surface area contributed by atoms with E-state index in [9.17, 15) is 23.1 Å². The molecule has 1 aliphatic heterocycles. The second-order valence-electron chi connectivity index (χ2n) is 6.84. The van der Waals surface area contributed by atoms with Gasteiger partial charge in [-0.1, -0.05) is 23.7 Å². The molecule has 2 aromatic carbocycles. The van der Waals surface area contributed by atoms with Crippen molar-refractivity contribution in [3.8, 4) is 0 Å². The highest BCUT2D eigenvalue weighted by Crippen LogP contribution is 2.40. The number of carbonyl (C=O) groups is 2. The summed E-state index contributed by atoms with van der Waals surface area (Å²) in [6.07, 6.45) is 0. The van der Waals surface area contributed by atoms with Crippen molar-refractivity contribution in [2.24, 2.45) is 0 Å². The van der Waals surface area contributed by atoms with Gasteiger partial charge >= 0.3 is 12.0 Å². The minimum Gasteiger partial charge on any atom is -0.465 e. The van der Waals surface area contributed by atoms with Crippen molar-refractivity contribution in [1.29, 1.82) is 0 Å². The van der Waals surface area contributed by atoms with E-state index < -0.39 is 28.4 Å². The number of nitrogens with zero attached hydrogens (tertiary/aromatic N) is 2. The van der Waals surface area contributed by atoms with Crippen LogP contribution in [-0.2, 0) is 11.3 Å². The maximum atomic E-state index is 14.7. The molecule has 0 aromatic heterocycles. The zero-order valence-corrected chi connectivity index (χ0v) is 17.8. The molecule has 7 nitrogen and oxygen atoms in total. The summed E-state index contributed by atoms with van der Waals surface area (Å²) in [6.45, 7) is 0.267. The third kappa shape index (κ3) is 5.23. The van der Waals surface area contributed by atoms with Gasteiger partial charge in [-0.05, 0) is 30.3 Å². The van der Waals surface area contributed by atoms with Gasteiger partial charge in [-0.25, -0.2) is 14.0 Å². The third-order valence-electron chi connectivity index (χ3n) is 4.80. The second kappa shape index (κ2) is 9.22. The number of rotatable bonds is 4. The number of ether oxygens (including phenoxy) is 1. The van der Waals surface area contributed by atoms with Gasteiger partial charge in [0.1, 0.15) is 5.82 Å². The summed E-state index contributed by atoms with van der Waals surface area (Å²) in [5.74, 6) is -1.10. The molecule has 2 aromatic rings. The fraction of sp³-hybridized carbons (Fsp3) is 0.300. The topological polar surface area (TPSA) is 90.3 Å². The number of amides is 2. The summed E-state index contributed by atoms with van der Waals surface area (Å²) in [6, 6.07) is 10.2. The number of urea groups is 1. The minimum absolute atomic E-state index is 0.0700. The van der Waals surface area contributed by atoms with Crippen LogP contribution in [0.5, 0.6) is 0 Å². The van der Waals surface area contributed by atoms with E-state index in [1.54, 1.807) is 24.3 Å². The Balaban J connectivity index is 1.89. The van der Waals surface area contributed by atoms with Gasteiger partial charge in [0.2, 0.25) is 0 Å². The maximum absolute atomic E-state index is 14.7. The quantitative estimate of drug-likeness (QED) is 0.663. The summed E-state index contributed by atoms with van der Waals surface area (Å²) >= 11 is 6.08. The first kappa shape index (κ1) is 22.4. The monoisotopic (exact) mass is 456 g/mol. The number of hydrogen-bond acceptors (Lipinski definition) is 5. The summed E-state index contributed by atoms with van der Waals surface area (Å²) in [7, 11) is -1.45. The number of halogens is 2. The largest absolute Gasteiger partial charge is 0.465 e. The Morgan fingerprint density at radius 1 is 1.20 bits per heavy atom. The first-order valence-corrected chi connectivity index (χ1v) is 11.4. The minimum atomic E-state index is -2.66. The smallest absolute Gasteiger partial charge is 0.337 e. The van der Waals surface area contributed by atoms with Crippen molar-refractivity contribution in [2.45, 2.75) is 6.54 Å². The molecule has 3 rings (SSSR count). The summed E-state index contributed by atoms with van der Waals surface area (Å²) in [5.41, 5.74) is 0.749. The Kier molecular flexibility index (Phi) is 6.87. The van der Waals surface area contributed by atoms with Crippen molar-refractivity contribution in [2.75, 3.05) is 36.6 Å². The molecule has 0 aliphatic carbocycles. The van der Waals surface area contributed by atoms with Crippen LogP contribution in [0.4, 0.5) is 14.9 Å². The lowest BCUT2D eigenvalue weighted by molar-refractivity contribution is 0.0600. The lowest BCUT2D eigenvalue weighted by Gasteiger charge is -2.42. The highest BCUT2D eigenvalue weighted by atomic mass is 35.5. The molecule has 30 heavy (non-hydrogen) atoms. The molecule has 0 spiro atoms. The van der Waals surface area contributed by atoms with Crippen molar-refractivity contribution < 1.29 is 27.8 Å². The van der Waals surface area contributed by atoms with Gasteiger partial charge in [-0.15, -0.1) is 0 Å². The van der Waals surface area contributed by atoms with Gasteiger partial charge in [-0.2, -0.15) is 10.6 Å². The first-order valence-electron chi connectivity index (χ1n) is 9.12. The Morgan fingerprint density at radius 2 is 1.90 bits per heavy atom. The Bertz CT molecular complexity index is 949. The molecule has 0 atom stereocenters. The molecule has 0 radical (unpaired) electrons. The molecule has 162 valence electrons. The van der Waals surface area contributed by atoms with Crippen LogP contribution in [-0.4, -0.2) is 57.7 Å². The molecule has 0 bridgehead atoms. The number of carbonyl (C=O) groups excluding carboxylic acids is 2. The Hall–Kier alpha value is -2.33. The summed E-state index contributed by atoms with van der Waals surface area (Å²) < 4.78 is 38.9. The van der Waals surface area contributed by atoms with Crippen LogP contribution in [0.15, 0.2) is 42.5 Å². The average Bonchev–Trinajstić information content (AvgIpc) is 2.71. The molecule has 0 unspecified atom stereocenters. The van der Waals surface area contributed by atoms with E-state index in [1.807, 2.05) is 0 Å². The third-order valence-corrected chi connectivity index (χ3v) is 6.71. The van der Waals surface area contributed by atoms with Crippen molar-refractivity contribution >= 4 is 39.9 Å². The van der Waals surface area contributed by atoms with Gasteiger partial charge < -0.3 is 9.64 Å². The van der Waals surface area contributed by atoms with Gasteiger partial charge in [0.25, 0.3) is 0 Å². The highest BCUT2D eigenvalue weighted by molar-refractivity contribution is 8.24. The number of esters is 1. The fourth-order valence-electron chi connectivity index (χ4n) is 3.09. The van der Waals surface area contributed by atoms with Gasteiger partial charge in [-0.3, -0.25) is 14.0 Å². The lowest BCUT2D eigenvalue weighted by Crippen LogP contribution is -2.48. The highest BCUT2D eigenvalue weighted by Gasteiger charge is 2.30. The van der Waals surface area contributed by atoms with Crippen LogP contribution in [0.2, 0.25) is 5.02 Å². The normalized spacial score (nSPS) is 16.6. The average molecular weight is 457 g/mol. The van der Waals surface area contributed by atoms with Gasteiger partial charge in [0.05, 0.1) is 30.7 Å². The number of anilines is 1. The second-order valence-corrected chi connectivity index (χ2v) is 9.70. The molecule has 1 aliphatic rings. The maximum Gasteiger partial charge on any atom is 0.337 e. The predicted molar refractivity (Wildman–Crippen MR) is 115 cm³/mol. The van der Waals surface area contributed by atoms with E-state index in [0.717, 1.165) is 6.07 Å². The molecule has 10 heteroatoms. The van der Waals surface area contributed by atoms with E-state index in [-0.39, 0.29) is 42.3 Å². The van der Waals surface area contributed by atoms with Crippen LogP contribution >= 0.6 is 22.2 Å². The van der Waals surface area contributed by atoms with Crippen LogP contribution in [0.1, 0.15) is 15.9 Å². The SMILES string of the molecule is COC(=O)c1ccc(CN(C(=O)N2CCS(O)(O)CC2)c2cccc(Cl)c2)c(F)c1. The van der Waals surface area contributed by atoms with E-state index in [1.165, 1.54) is 29.0 Å². The summed E-state index contributed by atoms with van der Waals surface area (Å²) in [4.78, 5) is 27.7. The van der Waals surface area contributed by atoms with Gasteiger partial charge in [0, 0.05) is 29.4 Å². The van der Waals surface area contributed by atoms with Crippen LogP contribution < -0.4 is 4.90 Å². The van der Waals surface area contributed by atoms with Crippen molar-refractivity contribution in [3.63, 3.8) is 0 Å². The Labute approximate surface area is 180 Å². The number of methoxy groups -OCH3 is 1. The molecular formula is C20H22ClFN2O5S. The standard InChI is InChI=1S/C20H22ClFN2O5S/c1-29-19(25)14-5-6-15(18(22)11-14)13-24(17-4-2-3-16(21)12-17)20(26)23-7-9-30(27,28)10-8-23/h2-6,11-12,27-28H,7-10,13H2,1H3. The van der Waals surface area contributed by atoms with Crippen molar-refractivity contribution in [3.05, 3.63) is 64.4 Å². The van der Waals surface area contributed by atoms with Crippen LogP contribution in [0.3, 0.4) is 0 Å². The molecule has 1 saturated heterocycles. The van der Waals surface area contributed by atoms with E-state index in [4.69, 9.17) is 11.6 Å². The number of hydrogen-bond donors (Lipinski definition) is 2. The summed E-state index contributed by atoms with van der Waals surface area (Å²) in [5, 5.41) is 0.416. The lowest BCUT2D eigenvalue weighted by atomic mass is 10.1. The van der Waals surface area contributed by atoms with Crippen LogP contribution in [0, 0.1) is 5.82 Å². The molecule has 2 N–H and O–H groups in total. The fourth-order valence-corrected chi connectivity index (χ4v) is 4.51. The van der Waals surface area contributed by atoms with Crippen LogP contribution in [0.25, 0.3) is 0 Å². The zero-order valence-electron chi connectivity index (χ0n) is 16.3. The van der Waals surface area contributed by atoms with E-state index >= 15 is 0 Å². The molecule has 2 amide bonds. The van der Waals surface area contributed by atoms with E-state index in [2.05, 4.69) is 4.74 Å². The molecule has 1 heterocycles. The Morgan fingerprint density at radius 3 is 2.50 bits per heavy atom. The molecule has 0 saturated carbocycles. The molecule has 1 fully saturated rings. The predicted octanol–water partition coefficient (Wildman–Crippen LogP) is 4.46. The molecular weight excluding hydrogens is 435 g/mol. The van der Waals surface area contributed by atoms with Gasteiger partial charge in [0.15, 0.2) is 0 Å². The van der Waals surface area contributed by atoms with E-state index in [0.29, 0.717) is 10.7 Å². The first-order chi connectivity index (χ1) is 14.2.